The van der Waals surface area contributed by atoms with Crippen LogP contribution >= 0.6 is 0 Å². The van der Waals surface area contributed by atoms with Gasteiger partial charge in [-0.15, -0.1) is 0 Å². The summed E-state index contributed by atoms with van der Waals surface area (Å²) in [6.07, 6.45) is 0.488. The summed E-state index contributed by atoms with van der Waals surface area (Å²) in [6.45, 7) is 2.92. The van der Waals surface area contributed by atoms with Gasteiger partial charge in [0.05, 0.1) is 0 Å². The number of carbonyl (C=O) groups is 2. The highest BCUT2D eigenvalue weighted by molar-refractivity contribution is 5.97. The fourth-order valence-corrected chi connectivity index (χ4v) is 2.99. The molecule has 1 aliphatic heterocycles. The molecule has 130 valence electrons. The molecule has 1 aliphatic rings. The van der Waals surface area contributed by atoms with E-state index in [0.29, 0.717) is 25.1 Å². The lowest BCUT2D eigenvalue weighted by Gasteiger charge is -2.31. The molecule has 1 saturated heterocycles. The van der Waals surface area contributed by atoms with Crippen LogP contribution in [-0.2, 0) is 11.2 Å². The van der Waals surface area contributed by atoms with Crippen LogP contribution in [0.1, 0.15) is 15.9 Å². The van der Waals surface area contributed by atoms with E-state index in [1.165, 1.54) is 0 Å². The average Bonchev–Trinajstić information content (AvgIpc) is 2.69. The standard InChI is InChI=1S/C20H23N3O2/c24-19(17-9-5-2-6-10-17)22-18(15-16-7-3-1-4-8-16)20(25)23-13-11-21-12-14-23/h1-10,18,21H,11-15H2,(H,22,24). The fourth-order valence-electron chi connectivity index (χ4n) is 2.99. The van der Waals surface area contributed by atoms with Gasteiger partial charge < -0.3 is 15.5 Å². The van der Waals surface area contributed by atoms with Crippen molar-refractivity contribution in [2.24, 2.45) is 0 Å². The summed E-state index contributed by atoms with van der Waals surface area (Å²) in [5, 5.41) is 6.17. The second kappa shape index (κ2) is 8.44. The Morgan fingerprint density at radius 1 is 0.960 bits per heavy atom. The van der Waals surface area contributed by atoms with Crippen molar-refractivity contribution in [1.82, 2.24) is 15.5 Å². The Hall–Kier alpha value is -2.66. The number of carbonyl (C=O) groups excluding carboxylic acids is 2. The molecular formula is C20H23N3O2. The van der Waals surface area contributed by atoms with Gasteiger partial charge in [0.25, 0.3) is 5.91 Å². The van der Waals surface area contributed by atoms with Crippen LogP contribution in [0.25, 0.3) is 0 Å². The summed E-state index contributed by atoms with van der Waals surface area (Å²) in [5.74, 6) is -0.236. The first-order valence-corrected chi connectivity index (χ1v) is 8.63. The lowest BCUT2D eigenvalue weighted by molar-refractivity contribution is -0.133. The predicted molar refractivity (Wildman–Crippen MR) is 97.3 cm³/mol. The molecule has 25 heavy (non-hydrogen) atoms. The van der Waals surface area contributed by atoms with E-state index in [4.69, 9.17) is 0 Å². The number of hydrogen-bond acceptors (Lipinski definition) is 3. The maximum absolute atomic E-state index is 13.0. The van der Waals surface area contributed by atoms with Gasteiger partial charge in [-0.3, -0.25) is 9.59 Å². The summed E-state index contributed by atoms with van der Waals surface area (Å²) in [4.78, 5) is 27.3. The monoisotopic (exact) mass is 337 g/mol. The first-order valence-electron chi connectivity index (χ1n) is 8.63. The zero-order valence-corrected chi connectivity index (χ0v) is 14.2. The van der Waals surface area contributed by atoms with E-state index in [9.17, 15) is 9.59 Å². The van der Waals surface area contributed by atoms with Crippen LogP contribution in [0.15, 0.2) is 60.7 Å². The van der Waals surface area contributed by atoms with Gasteiger partial charge in [-0.05, 0) is 17.7 Å². The second-order valence-electron chi connectivity index (χ2n) is 6.16. The molecule has 0 aliphatic carbocycles. The van der Waals surface area contributed by atoms with Crippen LogP contribution in [0.4, 0.5) is 0 Å². The Morgan fingerprint density at radius 2 is 1.56 bits per heavy atom. The van der Waals surface area contributed by atoms with Crippen molar-refractivity contribution in [2.45, 2.75) is 12.5 Å². The zero-order valence-electron chi connectivity index (χ0n) is 14.2. The van der Waals surface area contributed by atoms with Crippen LogP contribution in [0.3, 0.4) is 0 Å². The highest BCUT2D eigenvalue weighted by atomic mass is 16.2. The van der Waals surface area contributed by atoms with Gasteiger partial charge in [-0.2, -0.15) is 0 Å². The summed E-state index contributed by atoms with van der Waals surface area (Å²) in [5.41, 5.74) is 1.60. The molecule has 0 aromatic heterocycles. The van der Waals surface area contributed by atoms with Gasteiger partial charge in [0.15, 0.2) is 0 Å². The summed E-state index contributed by atoms with van der Waals surface area (Å²) in [6, 6.07) is 18.2. The molecule has 0 bridgehead atoms. The van der Waals surface area contributed by atoms with Crippen LogP contribution in [0, 0.1) is 0 Å². The van der Waals surface area contributed by atoms with Crippen molar-refractivity contribution >= 4 is 11.8 Å². The minimum absolute atomic E-state index is 0.0189. The molecule has 5 nitrogen and oxygen atoms in total. The molecule has 1 fully saturated rings. The highest BCUT2D eigenvalue weighted by Gasteiger charge is 2.27. The summed E-state index contributed by atoms with van der Waals surface area (Å²) in [7, 11) is 0. The number of nitrogens with one attached hydrogen (secondary N) is 2. The van der Waals surface area contributed by atoms with Gasteiger partial charge in [0.2, 0.25) is 5.91 Å². The molecule has 2 aromatic carbocycles. The highest BCUT2D eigenvalue weighted by Crippen LogP contribution is 2.09. The van der Waals surface area contributed by atoms with Gasteiger partial charge in [-0.25, -0.2) is 0 Å². The number of rotatable bonds is 5. The molecule has 1 unspecified atom stereocenters. The van der Waals surface area contributed by atoms with Crippen molar-refractivity contribution in [2.75, 3.05) is 26.2 Å². The van der Waals surface area contributed by atoms with Crippen LogP contribution in [0.5, 0.6) is 0 Å². The maximum Gasteiger partial charge on any atom is 0.251 e. The Bertz CT molecular complexity index is 697. The van der Waals surface area contributed by atoms with Gasteiger partial charge >= 0.3 is 0 Å². The molecule has 3 rings (SSSR count). The van der Waals surface area contributed by atoms with Crippen LogP contribution in [-0.4, -0.2) is 48.9 Å². The number of nitrogens with zero attached hydrogens (tertiary/aromatic N) is 1. The van der Waals surface area contributed by atoms with E-state index < -0.39 is 6.04 Å². The average molecular weight is 337 g/mol. The van der Waals surface area contributed by atoms with Crippen molar-refractivity contribution in [3.63, 3.8) is 0 Å². The third-order valence-corrected chi connectivity index (χ3v) is 4.35. The van der Waals surface area contributed by atoms with Crippen molar-refractivity contribution < 1.29 is 9.59 Å². The Labute approximate surface area is 148 Å². The SMILES string of the molecule is O=C(NC(Cc1ccccc1)C(=O)N1CCNCC1)c1ccccc1. The van der Waals surface area contributed by atoms with E-state index >= 15 is 0 Å². The van der Waals surface area contributed by atoms with Gasteiger partial charge in [0, 0.05) is 38.2 Å². The molecule has 0 spiro atoms. The Balaban J connectivity index is 1.75. The van der Waals surface area contributed by atoms with E-state index in [1.54, 1.807) is 12.1 Å². The largest absolute Gasteiger partial charge is 0.340 e. The summed E-state index contributed by atoms with van der Waals surface area (Å²) < 4.78 is 0. The lowest BCUT2D eigenvalue weighted by atomic mass is 10.0. The van der Waals surface area contributed by atoms with Crippen molar-refractivity contribution in [3.05, 3.63) is 71.8 Å². The molecule has 0 saturated carbocycles. The van der Waals surface area contributed by atoms with Gasteiger partial charge in [0.1, 0.15) is 6.04 Å². The van der Waals surface area contributed by atoms with Gasteiger partial charge in [-0.1, -0.05) is 48.5 Å². The first kappa shape index (κ1) is 17.2. The third kappa shape index (κ3) is 4.67. The van der Waals surface area contributed by atoms with E-state index in [1.807, 2.05) is 53.4 Å². The smallest absolute Gasteiger partial charge is 0.251 e. The molecular weight excluding hydrogens is 314 g/mol. The van der Waals surface area contributed by atoms with E-state index in [-0.39, 0.29) is 11.8 Å². The predicted octanol–water partition coefficient (Wildman–Crippen LogP) is 1.46. The van der Waals surface area contributed by atoms with Crippen LogP contribution in [0.2, 0.25) is 0 Å². The molecule has 1 atom stereocenters. The Morgan fingerprint density at radius 3 is 2.20 bits per heavy atom. The minimum Gasteiger partial charge on any atom is -0.340 e. The molecule has 2 amide bonds. The number of hydrogen-bond donors (Lipinski definition) is 2. The van der Waals surface area contributed by atoms with Crippen molar-refractivity contribution in [3.8, 4) is 0 Å². The molecule has 2 N–H and O–H groups in total. The molecule has 2 aromatic rings. The molecule has 5 heteroatoms. The molecule has 1 heterocycles. The normalized spacial score (nSPS) is 15.4. The zero-order chi connectivity index (χ0) is 17.5. The number of piperazine rings is 1. The summed E-state index contributed by atoms with van der Waals surface area (Å²) >= 11 is 0. The minimum atomic E-state index is -0.562. The maximum atomic E-state index is 13.0. The Kier molecular flexibility index (Phi) is 5.80. The van der Waals surface area contributed by atoms with Crippen LogP contribution < -0.4 is 10.6 Å². The molecule has 0 radical (unpaired) electrons. The van der Waals surface area contributed by atoms with E-state index in [2.05, 4.69) is 10.6 Å². The third-order valence-electron chi connectivity index (χ3n) is 4.35. The first-order chi connectivity index (χ1) is 12.2. The topological polar surface area (TPSA) is 61.4 Å². The second-order valence-corrected chi connectivity index (χ2v) is 6.16. The van der Waals surface area contributed by atoms with Crippen molar-refractivity contribution in [1.29, 1.82) is 0 Å². The quantitative estimate of drug-likeness (QED) is 0.868. The lowest BCUT2D eigenvalue weighted by Crippen LogP contribution is -2.54. The fraction of sp³-hybridized carbons (Fsp3) is 0.300. The number of benzene rings is 2. The number of amides is 2. The van der Waals surface area contributed by atoms with E-state index in [0.717, 1.165) is 18.7 Å².